The Morgan fingerprint density at radius 2 is 2.21 bits per heavy atom. The van der Waals surface area contributed by atoms with Crippen LogP contribution in [0.5, 0.6) is 0 Å². The van der Waals surface area contributed by atoms with Crippen LogP contribution >= 0.6 is 0 Å². The molecule has 3 heteroatoms. The summed E-state index contributed by atoms with van der Waals surface area (Å²) in [5.41, 5.74) is 5.82. The molecule has 0 amide bonds. The third kappa shape index (κ3) is 2.19. The topological polar surface area (TPSA) is 40.5 Å². The normalized spacial score (nSPS) is 22.3. The Bertz CT molecular complexity index is 547. The standard InChI is InChI=1S/C16H19NO2/c1-11-12-4-2-3-5-14(12)15-10-17(8-6-13(11)15)9-7-16(18)19/h2-5,15H,6-10H2,1H3,(H,18,19). The summed E-state index contributed by atoms with van der Waals surface area (Å²) in [5, 5.41) is 8.80. The highest BCUT2D eigenvalue weighted by Crippen LogP contribution is 2.45. The number of allylic oxidation sites excluding steroid dienone is 1. The van der Waals surface area contributed by atoms with Gasteiger partial charge in [-0.05, 0) is 30.0 Å². The lowest BCUT2D eigenvalue weighted by Gasteiger charge is -2.33. The van der Waals surface area contributed by atoms with Crippen molar-refractivity contribution in [3.63, 3.8) is 0 Å². The van der Waals surface area contributed by atoms with Crippen LogP contribution in [0, 0.1) is 0 Å². The van der Waals surface area contributed by atoms with Crippen LogP contribution in [0.25, 0.3) is 5.57 Å². The zero-order valence-corrected chi connectivity index (χ0v) is 11.2. The number of carboxylic acids is 1. The molecule has 0 spiro atoms. The van der Waals surface area contributed by atoms with Gasteiger partial charge in [-0.3, -0.25) is 4.79 Å². The van der Waals surface area contributed by atoms with Gasteiger partial charge in [-0.1, -0.05) is 29.8 Å². The molecule has 19 heavy (non-hydrogen) atoms. The van der Waals surface area contributed by atoms with E-state index in [0.29, 0.717) is 12.5 Å². The van der Waals surface area contributed by atoms with Crippen molar-refractivity contribution in [2.75, 3.05) is 19.6 Å². The van der Waals surface area contributed by atoms with Crippen molar-refractivity contribution in [3.05, 3.63) is 41.0 Å². The third-order valence-electron chi connectivity index (χ3n) is 4.42. The number of rotatable bonds is 3. The van der Waals surface area contributed by atoms with Crippen LogP contribution in [0.3, 0.4) is 0 Å². The Kier molecular flexibility index (Phi) is 3.15. The second-order valence-electron chi connectivity index (χ2n) is 5.48. The van der Waals surface area contributed by atoms with Crippen molar-refractivity contribution in [3.8, 4) is 0 Å². The fourth-order valence-electron chi connectivity index (χ4n) is 3.42. The molecule has 1 atom stereocenters. The van der Waals surface area contributed by atoms with Gasteiger partial charge >= 0.3 is 5.97 Å². The molecule has 0 bridgehead atoms. The average molecular weight is 257 g/mol. The summed E-state index contributed by atoms with van der Waals surface area (Å²) in [6, 6.07) is 8.63. The van der Waals surface area contributed by atoms with E-state index in [1.807, 2.05) is 0 Å². The molecule has 3 rings (SSSR count). The van der Waals surface area contributed by atoms with Gasteiger partial charge in [-0.2, -0.15) is 0 Å². The summed E-state index contributed by atoms with van der Waals surface area (Å²) in [6.45, 7) is 4.85. The molecule has 0 aromatic heterocycles. The van der Waals surface area contributed by atoms with Crippen LogP contribution in [0.4, 0.5) is 0 Å². The zero-order chi connectivity index (χ0) is 13.4. The van der Waals surface area contributed by atoms with Crippen molar-refractivity contribution >= 4 is 11.5 Å². The van der Waals surface area contributed by atoms with Crippen LogP contribution in [-0.2, 0) is 4.79 Å². The van der Waals surface area contributed by atoms with Crippen molar-refractivity contribution in [1.82, 2.24) is 4.90 Å². The molecule has 1 aromatic rings. The first kappa shape index (κ1) is 12.4. The Morgan fingerprint density at radius 3 is 3.00 bits per heavy atom. The van der Waals surface area contributed by atoms with Gasteiger partial charge in [-0.25, -0.2) is 0 Å². The molecule has 1 N–H and O–H groups in total. The van der Waals surface area contributed by atoms with Gasteiger partial charge in [-0.15, -0.1) is 0 Å². The van der Waals surface area contributed by atoms with Crippen molar-refractivity contribution < 1.29 is 9.90 Å². The van der Waals surface area contributed by atoms with E-state index in [-0.39, 0.29) is 6.42 Å². The van der Waals surface area contributed by atoms with Gasteiger partial charge in [0.15, 0.2) is 0 Å². The number of hydrogen-bond acceptors (Lipinski definition) is 2. The minimum Gasteiger partial charge on any atom is -0.481 e. The van der Waals surface area contributed by atoms with Crippen LogP contribution in [0.2, 0.25) is 0 Å². The highest BCUT2D eigenvalue weighted by atomic mass is 16.4. The van der Waals surface area contributed by atoms with Crippen molar-refractivity contribution in [1.29, 1.82) is 0 Å². The number of benzene rings is 1. The van der Waals surface area contributed by atoms with Gasteiger partial charge in [0.25, 0.3) is 0 Å². The number of nitrogens with zero attached hydrogens (tertiary/aromatic N) is 1. The van der Waals surface area contributed by atoms with Crippen LogP contribution in [0.15, 0.2) is 29.8 Å². The number of fused-ring (bicyclic) bond motifs is 3. The molecule has 0 radical (unpaired) electrons. The van der Waals surface area contributed by atoms with Crippen molar-refractivity contribution in [2.24, 2.45) is 0 Å². The number of hydrogen-bond donors (Lipinski definition) is 1. The van der Waals surface area contributed by atoms with Crippen molar-refractivity contribution in [2.45, 2.75) is 25.7 Å². The average Bonchev–Trinajstić information content (AvgIpc) is 2.71. The number of aliphatic carboxylic acids is 1. The van der Waals surface area contributed by atoms with E-state index in [0.717, 1.165) is 19.5 Å². The maximum absolute atomic E-state index is 10.7. The lowest BCUT2D eigenvalue weighted by atomic mass is 9.89. The first-order valence-electron chi connectivity index (χ1n) is 6.90. The summed E-state index contributed by atoms with van der Waals surface area (Å²) < 4.78 is 0. The smallest absolute Gasteiger partial charge is 0.304 e. The summed E-state index contributed by atoms with van der Waals surface area (Å²) in [7, 11) is 0. The first-order chi connectivity index (χ1) is 9.16. The van der Waals surface area contributed by atoms with Gasteiger partial charge in [0.2, 0.25) is 0 Å². The molecule has 1 saturated heterocycles. The molecule has 1 aliphatic heterocycles. The molecule has 1 aliphatic carbocycles. The molecule has 1 heterocycles. The molecule has 3 nitrogen and oxygen atoms in total. The summed E-state index contributed by atoms with van der Waals surface area (Å²) in [5.74, 6) is -0.219. The van der Waals surface area contributed by atoms with E-state index in [9.17, 15) is 4.79 Å². The number of carboxylic acid groups (broad SMARTS) is 1. The van der Waals surface area contributed by atoms with E-state index in [1.165, 1.54) is 16.7 Å². The molecular weight excluding hydrogens is 238 g/mol. The summed E-state index contributed by atoms with van der Waals surface area (Å²) in [6.07, 6.45) is 1.32. The lowest BCUT2D eigenvalue weighted by molar-refractivity contribution is -0.137. The maximum atomic E-state index is 10.7. The minimum atomic E-state index is -0.704. The highest BCUT2D eigenvalue weighted by molar-refractivity contribution is 5.77. The largest absolute Gasteiger partial charge is 0.481 e. The van der Waals surface area contributed by atoms with E-state index in [4.69, 9.17) is 5.11 Å². The fraction of sp³-hybridized carbons (Fsp3) is 0.438. The Balaban J connectivity index is 1.80. The van der Waals surface area contributed by atoms with E-state index < -0.39 is 5.97 Å². The summed E-state index contributed by atoms with van der Waals surface area (Å²) in [4.78, 5) is 13.0. The maximum Gasteiger partial charge on any atom is 0.304 e. The van der Waals surface area contributed by atoms with E-state index in [2.05, 4.69) is 36.1 Å². The minimum absolute atomic E-state index is 0.242. The predicted molar refractivity (Wildman–Crippen MR) is 75.1 cm³/mol. The Morgan fingerprint density at radius 1 is 1.42 bits per heavy atom. The third-order valence-corrected chi connectivity index (χ3v) is 4.42. The Hall–Kier alpha value is -1.61. The number of carbonyl (C=O) groups is 1. The van der Waals surface area contributed by atoms with Crippen LogP contribution in [0.1, 0.15) is 36.8 Å². The van der Waals surface area contributed by atoms with E-state index in [1.54, 1.807) is 5.57 Å². The van der Waals surface area contributed by atoms with Gasteiger partial charge in [0.1, 0.15) is 0 Å². The quantitative estimate of drug-likeness (QED) is 0.905. The molecule has 1 aromatic carbocycles. The molecule has 100 valence electrons. The second kappa shape index (κ2) is 4.82. The predicted octanol–water partition coefficient (Wildman–Crippen LogP) is 2.74. The van der Waals surface area contributed by atoms with Gasteiger partial charge in [0.05, 0.1) is 6.42 Å². The molecule has 2 aliphatic rings. The van der Waals surface area contributed by atoms with Gasteiger partial charge in [0, 0.05) is 25.6 Å². The number of piperidine rings is 1. The SMILES string of the molecule is CC1=C2CCN(CCC(=O)O)CC2c2ccccc21. The second-order valence-corrected chi connectivity index (χ2v) is 5.48. The van der Waals surface area contributed by atoms with Crippen LogP contribution < -0.4 is 0 Å². The monoisotopic (exact) mass is 257 g/mol. The molecule has 1 unspecified atom stereocenters. The first-order valence-corrected chi connectivity index (χ1v) is 6.90. The summed E-state index contributed by atoms with van der Waals surface area (Å²) >= 11 is 0. The zero-order valence-electron chi connectivity index (χ0n) is 11.2. The van der Waals surface area contributed by atoms with Crippen LogP contribution in [-0.4, -0.2) is 35.6 Å². The molecule has 0 saturated carbocycles. The highest BCUT2D eigenvalue weighted by Gasteiger charge is 2.33. The molecular formula is C16H19NO2. The Labute approximate surface area is 113 Å². The molecule has 1 fully saturated rings. The van der Waals surface area contributed by atoms with Gasteiger partial charge < -0.3 is 10.0 Å². The van der Waals surface area contributed by atoms with E-state index >= 15 is 0 Å². The number of likely N-dealkylation sites (tertiary alicyclic amines) is 1. The fourth-order valence-corrected chi connectivity index (χ4v) is 3.42. The lowest BCUT2D eigenvalue weighted by Crippen LogP contribution is -2.36.